The molecule has 0 radical (unpaired) electrons. The number of hydrogen-bond donors (Lipinski definition) is 1. The number of rotatable bonds is 8. The summed E-state index contributed by atoms with van der Waals surface area (Å²) in [5, 5.41) is 12.7. The van der Waals surface area contributed by atoms with Crippen molar-refractivity contribution < 1.29 is 19.1 Å². The van der Waals surface area contributed by atoms with Gasteiger partial charge in [-0.1, -0.05) is 35.9 Å². The van der Waals surface area contributed by atoms with Gasteiger partial charge in [-0.3, -0.25) is 29.3 Å². The lowest BCUT2D eigenvalue weighted by Crippen LogP contribution is -2.52. The average Bonchev–Trinajstić information content (AvgIpc) is 3.76. The molecule has 11 nitrogen and oxygen atoms in total. The first-order valence-corrected chi connectivity index (χ1v) is 18.7. The van der Waals surface area contributed by atoms with Gasteiger partial charge in [0.2, 0.25) is 11.8 Å². The van der Waals surface area contributed by atoms with E-state index < -0.39 is 11.9 Å². The predicted molar refractivity (Wildman–Crippen MR) is 201 cm³/mol. The molecule has 1 unspecified atom stereocenters. The van der Waals surface area contributed by atoms with Crippen LogP contribution < -0.4 is 10.1 Å². The number of imide groups is 1. The minimum atomic E-state index is -0.619. The molecule has 0 bridgehead atoms. The van der Waals surface area contributed by atoms with E-state index in [1.54, 1.807) is 22.4 Å². The van der Waals surface area contributed by atoms with Crippen molar-refractivity contribution in [1.82, 2.24) is 30.0 Å². The molecule has 266 valence electrons. The Kier molecular flexibility index (Phi) is 9.37. The highest BCUT2D eigenvalue weighted by Crippen LogP contribution is 2.37. The fourth-order valence-electron chi connectivity index (χ4n) is 7.05. The zero-order chi connectivity index (χ0) is 36.6. The third-order valence-electron chi connectivity index (χ3n) is 9.78. The third kappa shape index (κ3) is 6.74. The van der Waals surface area contributed by atoms with E-state index >= 15 is 0 Å². The topological polar surface area (TPSA) is 132 Å². The van der Waals surface area contributed by atoms with Gasteiger partial charge in [-0.05, 0) is 98.4 Å². The lowest BCUT2D eigenvalue weighted by molar-refractivity contribution is -0.136. The molecule has 3 aromatic heterocycles. The maximum absolute atomic E-state index is 13.1. The van der Waals surface area contributed by atoms with Crippen LogP contribution in [0.15, 0.2) is 65.8 Å². The van der Waals surface area contributed by atoms with Crippen LogP contribution in [0.3, 0.4) is 0 Å². The lowest BCUT2D eigenvalue weighted by atomic mass is 9.99. The molecule has 0 spiro atoms. The summed E-state index contributed by atoms with van der Waals surface area (Å²) in [7, 11) is 0. The number of unbranched alkanes of at least 4 members (excludes halogenated alkanes) is 1. The molecule has 3 aliphatic rings. The van der Waals surface area contributed by atoms with E-state index in [9.17, 15) is 14.4 Å². The van der Waals surface area contributed by atoms with Crippen molar-refractivity contribution in [3.63, 3.8) is 0 Å². The van der Waals surface area contributed by atoms with Crippen molar-refractivity contribution in [1.29, 1.82) is 0 Å². The van der Waals surface area contributed by atoms with Gasteiger partial charge in [0.25, 0.3) is 5.91 Å². The highest BCUT2D eigenvalue weighted by atomic mass is 35.5. The van der Waals surface area contributed by atoms with Crippen LogP contribution in [0.4, 0.5) is 0 Å². The van der Waals surface area contributed by atoms with E-state index in [1.807, 2.05) is 61.5 Å². The Balaban J connectivity index is 0.895. The van der Waals surface area contributed by atoms with Gasteiger partial charge in [-0.25, -0.2) is 4.98 Å². The number of aliphatic imine (C=N–C) groups is 1. The summed E-state index contributed by atoms with van der Waals surface area (Å²) < 4.78 is 8.06. The number of carbonyl (C=O) groups is 3. The van der Waals surface area contributed by atoms with Crippen LogP contribution in [0, 0.1) is 25.7 Å². The molecule has 1 fully saturated rings. The number of piperidine rings is 1. The zero-order valence-electron chi connectivity index (χ0n) is 29.1. The van der Waals surface area contributed by atoms with Gasteiger partial charge in [0.15, 0.2) is 5.82 Å². The van der Waals surface area contributed by atoms with E-state index in [-0.39, 0.29) is 18.2 Å². The van der Waals surface area contributed by atoms with Crippen LogP contribution in [-0.2, 0) is 29.1 Å². The van der Waals surface area contributed by atoms with Crippen molar-refractivity contribution in [3.8, 4) is 22.6 Å². The quantitative estimate of drug-likeness (QED) is 0.119. The van der Waals surface area contributed by atoms with Crippen LogP contribution >= 0.6 is 22.9 Å². The normalized spacial score (nSPS) is 16.2. The number of pyridine rings is 1. The summed E-state index contributed by atoms with van der Waals surface area (Å²) in [4.78, 5) is 49.2. The summed E-state index contributed by atoms with van der Waals surface area (Å²) in [6.45, 7) is 5.33. The summed E-state index contributed by atoms with van der Waals surface area (Å²) >= 11 is 7.79. The van der Waals surface area contributed by atoms with Crippen molar-refractivity contribution >= 4 is 46.4 Å². The van der Waals surface area contributed by atoms with Gasteiger partial charge in [-0.2, -0.15) is 0 Å². The third-order valence-corrected chi connectivity index (χ3v) is 11.2. The minimum Gasteiger partial charge on any atom is -0.492 e. The van der Waals surface area contributed by atoms with Crippen molar-refractivity contribution in [3.05, 3.63) is 121 Å². The number of benzene rings is 2. The number of ether oxygens (including phenoxy) is 1. The first kappa shape index (κ1) is 34.4. The van der Waals surface area contributed by atoms with Crippen LogP contribution in [0.5, 0.6) is 5.75 Å². The van der Waals surface area contributed by atoms with Crippen LogP contribution in [-0.4, -0.2) is 60.7 Å². The maximum atomic E-state index is 13.1. The Bertz CT molecular complexity index is 2370. The molecule has 53 heavy (non-hydrogen) atoms. The molecule has 2 aromatic carbocycles. The minimum absolute atomic E-state index is 0.154. The number of hydrogen-bond acceptors (Lipinski definition) is 9. The molecule has 13 heteroatoms. The van der Waals surface area contributed by atoms with Crippen LogP contribution in [0.2, 0.25) is 5.02 Å². The van der Waals surface area contributed by atoms with E-state index in [0.29, 0.717) is 48.1 Å². The molecule has 5 aromatic rings. The highest BCUT2D eigenvalue weighted by Gasteiger charge is 2.39. The van der Waals surface area contributed by atoms with Crippen molar-refractivity contribution in [2.45, 2.75) is 65.1 Å². The summed E-state index contributed by atoms with van der Waals surface area (Å²) in [6.07, 6.45) is 4.74. The molecule has 0 aliphatic carbocycles. The summed E-state index contributed by atoms with van der Waals surface area (Å²) in [5.41, 5.74) is 7.23. The Morgan fingerprint density at radius 2 is 1.87 bits per heavy atom. The predicted octanol–water partition coefficient (Wildman–Crippen LogP) is 5.91. The second-order valence-electron chi connectivity index (χ2n) is 13.2. The fourth-order valence-corrected chi connectivity index (χ4v) is 8.41. The van der Waals surface area contributed by atoms with Crippen molar-refractivity contribution in [2.24, 2.45) is 4.99 Å². The maximum Gasteiger partial charge on any atom is 0.255 e. The van der Waals surface area contributed by atoms with Crippen LogP contribution in [0.25, 0.3) is 5.00 Å². The number of carbonyl (C=O) groups excluding carboxylic acids is 3. The number of nitrogens with zero attached hydrogens (tertiary/aromatic N) is 6. The first-order valence-electron chi connectivity index (χ1n) is 17.5. The smallest absolute Gasteiger partial charge is 0.255 e. The number of aryl methyl sites for hydroxylation is 2. The largest absolute Gasteiger partial charge is 0.492 e. The molecular formula is C40H34ClN7O4S. The Morgan fingerprint density at radius 1 is 1.02 bits per heavy atom. The van der Waals surface area contributed by atoms with Gasteiger partial charge >= 0.3 is 0 Å². The van der Waals surface area contributed by atoms with E-state index in [2.05, 4.69) is 43.8 Å². The van der Waals surface area contributed by atoms with Gasteiger partial charge in [0.05, 0.1) is 23.4 Å². The molecule has 3 amide bonds. The van der Waals surface area contributed by atoms with Gasteiger partial charge in [0.1, 0.15) is 34.9 Å². The number of nitrogens with one attached hydrogen (secondary N) is 1. The highest BCUT2D eigenvalue weighted by molar-refractivity contribution is 7.15. The Morgan fingerprint density at radius 3 is 2.66 bits per heavy atom. The molecular weight excluding hydrogens is 710 g/mol. The van der Waals surface area contributed by atoms with E-state index in [1.165, 1.54) is 0 Å². The standard InChI is InChI=1S/C40H34ClN7O4S/c1-23-33(53-40-36(23)37(26-9-11-27(41)12-10-26)43-21-34-46-45-24(2)48(34)40)17-14-28-13-15-29(20-42-28)52-19-4-3-6-25-7-5-8-30-31(25)22-47(39(30)51)32-16-18-35(49)44-38(32)50/h5,7-13,15,20,32H,3-4,6,16,18-19,21-22H2,1-2H3,(H,44,49,50). The second kappa shape index (κ2) is 14.4. The average molecular weight is 744 g/mol. The number of amides is 3. The molecule has 3 aliphatic heterocycles. The van der Waals surface area contributed by atoms with E-state index in [4.69, 9.17) is 21.3 Å². The molecule has 1 saturated heterocycles. The molecule has 8 rings (SSSR count). The Labute approximate surface area is 315 Å². The molecule has 1 N–H and O–H groups in total. The van der Waals surface area contributed by atoms with Crippen molar-refractivity contribution in [2.75, 3.05) is 6.61 Å². The van der Waals surface area contributed by atoms with Gasteiger partial charge in [0, 0.05) is 34.7 Å². The molecule has 1 atom stereocenters. The number of thiophene rings is 1. The van der Waals surface area contributed by atoms with Gasteiger partial charge in [-0.15, -0.1) is 21.5 Å². The van der Waals surface area contributed by atoms with Gasteiger partial charge < -0.3 is 9.64 Å². The molecule has 6 heterocycles. The fraction of sp³-hybridized carbons (Fsp3) is 0.275. The monoisotopic (exact) mass is 743 g/mol. The summed E-state index contributed by atoms with van der Waals surface area (Å²) in [5.74, 6) is 7.98. The lowest BCUT2D eigenvalue weighted by Gasteiger charge is -2.29. The molecule has 0 saturated carbocycles. The Hall–Kier alpha value is -5.64. The van der Waals surface area contributed by atoms with E-state index in [0.717, 1.165) is 74.3 Å². The SMILES string of the molecule is Cc1c(C#Cc2ccc(OCCCCc3cccc4c3CN(C3CCC(=O)NC3=O)C4=O)cn2)sc2c1C(c1ccc(Cl)cc1)=NCc1nnc(C)n1-2. The van der Waals surface area contributed by atoms with Crippen LogP contribution in [0.1, 0.15) is 86.1 Å². The zero-order valence-corrected chi connectivity index (χ0v) is 30.7. The number of halogens is 1. The summed E-state index contributed by atoms with van der Waals surface area (Å²) in [6, 6.07) is 16.6. The number of aromatic nitrogens is 4. The second-order valence-corrected chi connectivity index (χ2v) is 14.6. The first-order chi connectivity index (χ1) is 25.7. The number of fused-ring (bicyclic) bond motifs is 4.